The Morgan fingerprint density at radius 2 is 2.00 bits per heavy atom. The lowest BCUT2D eigenvalue weighted by Crippen LogP contribution is -2.00. The van der Waals surface area contributed by atoms with E-state index in [0.717, 1.165) is 20.9 Å². The highest BCUT2D eigenvalue weighted by molar-refractivity contribution is 7.99. The van der Waals surface area contributed by atoms with Crippen LogP contribution in [0.4, 0.5) is 0 Å². The van der Waals surface area contributed by atoms with Crippen LogP contribution in [-0.2, 0) is 0 Å². The number of hydrogen-bond acceptors (Lipinski definition) is 7. The Balaban J connectivity index is 1.75. The third-order valence-electron chi connectivity index (χ3n) is 3.59. The van der Waals surface area contributed by atoms with Crippen molar-refractivity contribution in [3.63, 3.8) is 0 Å². The summed E-state index contributed by atoms with van der Waals surface area (Å²) in [4.78, 5) is 9.60. The number of hydrogen-bond donors (Lipinski definition) is 0. The molecule has 0 fully saturated rings. The molecule has 3 heterocycles. The number of thiophene rings is 1. The second-order valence-electron chi connectivity index (χ2n) is 5.06. The average Bonchev–Trinajstić information content (AvgIpc) is 3.19. The van der Waals surface area contributed by atoms with Crippen LogP contribution in [0.25, 0.3) is 15.9 Å². The zero-order valence-electron chi connectivity index (χ0n) is 12.5. The highest BCUT2D eigenvalue weighted by atomic mass is 32.2. The lowest BCUT2D eigenvalue weighted by Gasteiger charge is -2.07. The minimum absolute atomic E-state index is 0.680. The van der Waals surface area contributed by atoms with Crippen molar-refractivity contribution in [3.8, 4) is 5.69 Å². The normalized spacial score (nSPS) is 11.2. The molecule has 0 aliphatic heterocycles. The summed E-state index contributed by atoms with van der Waals surface area (Å²) in [7, 11) is 0. The van der Waals surface area contributed by atoms with Crippen LogP contribution in [0.3, 0.4) is 0 Å². The predicted octanol–water partition coefficient (Wildman–Crippen LogP) is 3.44. The van der Waals surface area contributed by atoms with E-state index in [9.17, 15) is 0 Å². The first kappa shape index (κ1) is 14.3. The van der Waals surface area contributed by atoms with Gasteiger partial charge in [0.15, 0.2) is 0 Å². The third-order valence-corrected chi connectivity index (χ3v) is 5.37. The van der Waals surface area contributed by atoms with Crippen LogP contribution in [0.2, 0.25) is 0 Å². The molecule has 0 radical (unpaired) electrons. The van der Waals surface area contributed by atoms with Gasteiger partial charge in [-0.3, -0.25) is 0 Å². The molecule has 114 valence electrons. The summed E-state index contributed by atoms with van der Waals surface area (Å²) in [5.74, 6) is 0. The van der Waals surface area contributed by atoms with Gasteiger partial charge in [0.05, 0.1) is 5.69 Å². The second-order valence-corrected chi connectivity index (χ2v) is 6.91. The van der Waals surface area contributed by atoms with Crippen LogP contribution in [-0.4, -0.2) is 30.2 Å². The molecule has 1 aromatic carbocycles. The maximum absolute atomic E-state index is 4.37. The molecule has 0 aliphatic rings. The zero-order chi connectivity index (χ0) is 15.8. The minimum atomic E-state index is 0.680. The first-order chi connectivity index (χ1) is 11.2. The number of aromatic nitrogens is 6. The predicted molar refractivity (Wildman–Crippen MR) is 90.2 cm³/mol. The molecule has 0 aliphatic carbocycles. The van der Waals surface area contributed by atoms with Crippen molar-refractivity contribution >= 4 is 33.3 Å². The van der Waals surface area contributed by atoms with Crippen LogP contribution >= 0.6 is 23.1 Å². The van der Waals surface area contributed by atoms with Crippen molar-refractivity contribution in [2.24, 2.45) is 0 Å². The van der Waals surface area contributed by atoms with Gasteiger partial charge >= 0.3 is 0 Å². The molecule has 23 heavy (non-hydrogen) atoms. The second kappa shape index (κ2) is 5.71. The van der Waals surface area contributed by atoms with Crippen molar-refractivity contribution in [2.45, 2.75) is 24.0 Å². The minimum Gasteiger partial charge on any atom is -0.229 e. The Labute approximate surface area is 140 Å². The average molecular weight is 340 g/mol. The maximum Gasteiger partial charge on any atom is 0.220 e. The molecule has 4 rings (SSSR count). The van der Waals surface area contributed by atoms with E-state index < -0.39 is 0 Å². The van der Waals surface area contributed by atoms with Crippen molar-refractivity contribution in [2.75, 3.05) is 0 Å². The van der Waals surface area contributed by atoms with E-state index in [4.69, 9.17) is 0 Å². The molecule has 0 N–H and O–H groups in total. The van der Waals surface area contributed by atoms with Crippen molar-refractivity contribution in [1.82, 2.24) is 30.2 Å². The van der Waals surface area contributed by atoms with Crippen LogP contribution in [0.1, 0.15) is 11.1 Å². The van der Waals surface area contributed by atoms with E-state index >= 15 is 0 Å². The van der Waals surface area contributed by atoms with Crippen LogP contribution < -0.4 is 0 Å². The Morgan fingerprint density at radius 1 is 1.09 bits per heavy atom. The fourth-order valence-corrected chi connectivity index (χ4v) is 3.85. The Hall–Kier alpha value is -2.32. The number of rotatable bonds is 3. The van der Waals surface area contributed by atoms with Gasteiger partial charge in [0, 0.05) is 5.39 Å². The molecule has 4 aromatic rings. The molecule has 8 heteroatoms. The quantitative estimate of drug-likeness (QED) is 0.532. The van der Waals surface area contributed by atoms with E-state index in [1.165, 1.54) is 22.9 Å². The van der Waals surface area contributed by atoms with Gasteiger partial charge in [0.1, 0.15) is 16.2 Å². The molecule has 0 saturated carbocycles. The number of tetrazole rings is 1. The fourth-order valence-electron chi connectivity index (χ4n) is 2.20. The zero-order valence-corrected chi connectivity index (χ0v) is 14.1. The topological polar surface area (TPSA) is 69.4 Å². The smallest absolute Gasteiger partial charge is 0.220 e. The van der Waals surface area contributed by atoms with E-state index in [-0.39, 0.29) is 0 Å². The number of nitrogens with zero attached hydrogens (tertiary/aromatic N) is 6. The summed E-state index contributed by atoms with van der Waals surface area (Å²) in [5, 5.41) is 16.6. The molecule has 3 aromatic heterocycles. The standard InChI is InChI=1S/C15H12N6S2/c1-9-3-4-11(7-10(9)2)21-15(18-19-20-21)23-14-12-5-6-22-13(12)16-8-17-14/h3-8H,1-2H3. The Bertz CT molecular complexity index is 990. The summed E-state index contributed by atoms with van der Waals surface area (Å²) in [6, 6.07) is 8.19. The third kappa shape index (κ3) is 2.60. The van der Waals surface area contributed by atoms with Crippen molar-refractivity contribution in [3.05, 3.63) is 47.1 Å². The van der Waals surface area contributed by atoms with E-state index in [0.29, 0.717) is 5.16 Å². The Morgan fingerprint density at radius 3 is 2.87 bits per heavy atom. The lowest BCUT2D eigenvalue weighted by molar-refractivity contribution is 0.755. The summed E-state index contributed by atoms with van der Waals surface area (Å²) in [5.41, 5.74) is 3.39. The van der Waals surface area contributed by atoms with E-state index in [1.807, 2.05) is 17.5 Å². The largest absolute Gasteiger partial charge is 0.229 e. The summed E-state index contributed by atoms with van der Waals surface area (Å²) < 4.78 is 1.73. The van der Waals surface area contributed by atoms with Gasteiger partial charge in [-0.1, -0.05) is 6.07 Å². The van der Waals surface area contributed by atoms with Gasteiger partial charge in [-0.15, -0.1) is 16.4 Å². The summed E-state index contributed by atoms with van der Waals surface area (Å²) in [6.07, 6.45) is 1.57. The van der Waals surface area contributed by atoms with Gasteiger partial charge in [0.2, 0.25) is 5.16 Å². The van der Waals surface area contributed by atoms with E-state index in [1.54, 1.807) is 22.3 Å². The highest BCUT2D eigenvalue weighted by Gasteiger charge is 2.14. The molecular weight excluding hydrogens is 328 g/mol. The van der Waals surface area contributed by atoms with Gasteiger partial charge < -0.3 is 0 Å². The van der Waals surface area contributed by atoms with Crippen molar-refractivity contribution < 1.29 is 0 Å². The first-order valence-corrected chi connectivity index (χ1v) is 8.64. The van der Waals surface area contributed by atoms with Gasteiger partial charge in [-0.05, 0) is 70.7 Å². The molecule has 0 spiro atoms. The number of fused-ring (bicyclic) bond motifs is 1. The van der Waals surface area contributed by atoms with Gasteiger partial charge in [0.25, 0.3) is 0 Å². The molecule has 0 unspecified atom stereocenters. The molecule has 0 bridgehead atoms. The molecule has 0 amide bonds. The molecule has 6 nitrogen and oxygen atoms in total. The van der Waals surface area contributed by atoms with Crippen LogP contribution in [0.5, 0.6) is 0 Å². The van der Waals surface area contributed by atoms with Crippen LogP contribution in [0, 0.1) is 13.8 Å². The molecule has 0 saturated heterocycles. The maximum atomic E-state index is 4.37. The molecular formula is C15H12N6S2. The molecule has 0 atom stereocenters. The summed E-state index contributed by atoms with van der Waals surface area (Å²) >= 11 is 3.04. The number of benzene rings is 1. The lowest BCUT2D eigenvalue weighted by atomic mass is 10.1. The monoisotopic (exact) mass is 340 g/mol. The fraction of sp³-hybridized carbons (Fsp3) is 0.133. The summed E-state index contributed by atoms with van der Waals surface area (Å²) in [6.45, 7) is 4.16. The van der Waals surface area contributed by atoms with Crippen LogP contribution in [0.15, 0.2) is 46.2 Å². The Kier molecular flexibility index (Phi) is 3.55. The van der Waals surface area contributed by atoms with E-state index in [2.05, 4.69) is 51.5 Å². The number of aryl methyl sites for hydroxylation is 2. The first-order valence-electron chi connectivity index (χ1n) is 6.94. The van der Waals surface area contributed by atoms with Gasteiger partial charge in [-0.2, -0.15) is 4.68 Å². The van der Waals surface area contributed by atoms with Crippen molar-refractivity contribution in [1.29, 1.82) is 0 Å². The van der Waals surface area contributed by atoms with Gasteiger partial charge in [-0.25, -0.2) is 9.97 Å². The highest BCUT2D eigenvalue weighted by Crippen LogP contribution is 2.32. The SMILES string of the molecule is Cc1ccc(-n2nnnc2Sc2ncnc3sccc23)cc1C.